The predicted molar refractivity (Wildman–Crippen MR) is 470 cm³/mol. The molecule has 3 fully saturated rings. The van der Waals surface area contributed by atoms with Crippen molar-refractivity contribution in [1.82, 2.24) is 13.8 Å². The zero-order valence-corrected chi connectivity index (χ0v) is 67.4. The van der Waals surface area contributed by atoms with Crippen LogP contribution in [0.5, 0.6) is 0 Å². The third-order valence-corrected chi connectivity index (χ3v) is 35.2. The molecule has 0 radical (unpaired) electrons. The van der Waals surface area contributed by atoms with Gasteiger partial charge in [-0.1, -0.05) is 386 Å². The summed E-state index contributed by atoms with van der Waals surface area (Å²) in [6.07, 6.45) is 17.3. The van der Waals surface area contributed by atoms with Crippen molar-refractivity contribution < 1.29 is 0 Å². The highest BCUT2D eigenvalue weighted by Crippen LogP contribution is 2.74. The summed E-state index contributed by atoms with van der Waals surface area (Å²) in [7, 11) is -3.21. The van der Waals surface area contributed by atoms with Crippen LogP contribution in [0.25, 0.3) is 0 Å². The van der Waals surface area contributed by atoms with Crippen LogP contribution in [0.2, 0.25) is 0 Å². The van der Waals surface area contributed by atoms with E-state index in [1.54, 1.807) is 0 Å². The normalized spacial score (nSPS) is 19.7. The van der Waals surface area contributed by atoms with E-state index in [-0.39, 0.29) is 0 Å². The Kier molecular flexibility index (Phi) is 26.5. The number of hydrogen-bond donors (Lipinski definition) is 0. The molecule has 12 aromatic carbocycles. The van der Waals surface area contributed by atoms with Crippen LogP contribution >= 0.6 is 32.3 Å². The lowest BCUT2D eigenvalue weighted by atomic mass is 9.87. The molecule has 15 rings (SSSR count). The zero-order chi connectivity index (χ0) is 73.2. The van der Waals surface area contributed by atoms with E-state index in [0.717, 1.165) is 38.9 Å². The summed E-state index contributed by atoms with van der Waals surface area (Å²) in [5, 5.41) is 8.69. The van der Waals surface area contributed by atoms with Gasteiger partial charge in [-0.05, 0) is 166 Å². The molecule has 1 heterocycles. The molecule has 2 aliphatic carbocycles. The van der Waals surface area contributed by atoms with Gasteiger partial charge < -0.3 is 0 Å². The Balaban J connectivity index is 0.719. The van der Waals surface area contributed by atoms with E-state index in [0.29, 0.717) is 47.1 Å². The van der Waals surface area contributed by atoms with Crippen molar-refractivity contribution in [3.05, 3.63) is 395 Å². The summed E-state index contributed by atoms with van der Waals surface area (Å²) in [6, 6.07) is 133. The molecule has 548 valence electrons. The molecule has 0 spiro atoms. The average molecular weight is 1490 g/mol. The Hall–Kier alpha value is -7.76. The monoisotopic (exact) mass is 1490 g/mol. The van der Waals surface area contributed by atoms with Gasteiger partial charge in [-0.3, -0.25) is 13.8 Å². The molecule has 3 aliphatic rings. The van der Waals surface area contributed by atoms with Crippen molar-refractivity contribution in [2.24, 2.45) is 0 Å². The van der Waals surface area contributed by atoms with Crippen molar-refractivity contribution in [3.8, 4) is 0 Å². The van der Waals surface area contributed by atoms with Crippen LogP contribution in [-0.2, 0) is 12.8 Å². The molecule has 1 aliphatic heterocycles. The molecule has 0 amide bonds. The van der Waals surface area contributed by atoms with E-state index in [1.807, 2.05) is 0 Å². The van der Waals surface area contributed by atoms with E-state index >= 15 is 0 Å². The summed E-state index contributed by atoms with van der Waals surface area (Å²) in [4.78, 5) is 0. The summed E-state index contributed by atoms with van der Waals surface area (Å²) in [5.41, 5.74) is 15.3. The molecule has 0 bridgehead atoms. The van der Waals surface area contributed by atoms with Crippen molar-refractivity contribution in [2.75, 3.05) is 19.6 Å². The Morgan fingerprint density at radius 2 is 0.509 bits per heavy atom. The minimum atomic E-state index is -0.831. The molecule has 1 saturated heterocycles. The van der Waals surface area contributed by atoms with Crippen LogP contribution in [-0.4, -0.2) is 45.5 Å². The number of rotatable bonds is 31. The first-order valence-corrected chi connectivity index (χ1v) is 46.1. The van der Waals surface area contributed by atoms with Gasteiger partial charge in [0.25, 0.3) is 0 Å². The molecule has 108 heavy (non-hydrogen) atoms. The molecular weight excluding hydrogens is 1380 g/mol. The summed E-state index contributed by atoms with van der Waals surface area (Å²) >= 11 is 0. The van der Waals surface area contributed by atoms with Gasteiger partial charge in [0.1, 0.15) is 0 Å². The molecule has 12 aromatic rings. The van der Waals surface area contributed by atoms with Gasteiger partial charge >= 0.3 is 0 Å². The molecule has 3 unspecified atom stereocenters. The SMILES string of the molecule is CCCCN(C1[C@@H](c2ccccc2)CC[C@@H]1c1ccccc1)P(c1ccccc1)c1ccc(Cc2ccc([C@@H]3CCC[C@@H](c4ccc(Cc5ccc(P(c6ccccc6)N(CCCC)C6[C@H](c7ccccc7)CC[C@H]6c6ccccc6)cc5)cc4)P3N(CCCC)P(c3ccccc3)c3ccccc3)cc2)cc1. The van der Waals surface area contributed by atoms with Gasteiger partial charge in [0.15, 0.2) is 0 Å². The second-order valence-corrected chi connectivity index (χ2v) is 39.8. The van der Waals surface area contributed by atoms with Crippen LogP contribution < -0.4 is 31.8 Å². The first-order valence-electron chi connectivity index (χ1n) is 40.7. The van der Waals surface area contributed by atoms with E-state index in [9.17, 15) is 0 Å². The predicted octanol–water partition coefficient (Wildman–Crippen LogP) is 24.7. The van der Waals surface area contributed by atoms with E-state index in [2.05, 4.69) is 374 Å². The van der Waals surface area contributed by atoms with Gasteiger partial charge in [-0.25, -0.2) is 0 Å². The smallest absolute Gasteiger partial charge is 0.0318 e. The lowest BCUT2D eigenvalue weighted by molar-refractivity contribution is 0.296. The van der Waals surface area contributed by atoms with E-state index < -0.39 is 32.3 Å². The fourth-order valence-corrected chi connectivity index (χ4v) is 31.3. The van der Waals surface area contributed by atoms with Crippen molar-refractivity contribution in [3.63, 3.8) is 0 Å². The average Bonchev–Trinajstić information content (AvgIpc) is 1.47. The number of nitrogens with zero attached hydrogens (tertiary/aromatic N) is 3. The maximum absolute atomic E-state index is 3.12. The van der Waals surface area contributed by atoms with E-state index in [4.69, 9.17) is 0 Å². The highest BCUT2D eigenvalue weighted by atomic mass is 31.2. The fourth-order valence-electron chi connectivity index (χ4n) is 18.3. The molecule has 2 saturated carbocycles. The highest BCUT2D eigenvalue weighted by molar-refractivity contribution is 7.79. The van der Waals surface area contributed by atoms with Crippen LogP contribution in [0.3, 0.4) is 0 Å². The maximum atomic E-state index is 3.12. The molecule has 3 nitrogen and oxygen atoms in total. The maximum Gasteiger partial charge on any atom is 0.0318 e. The Morgan fingerprint density at radius 1 is 0.259 bits per heavy atom. The third-order valence-electron chi connectivity index (χ3n) is 23.5. The van der Waals surface area contributed by atoms with Gasteiger partial charge in [0.2, 0.25) is 0 Å². The largest absolute Gasteiger partial charge is 0.271 e. The third kappa shape index (κ3) is 17.8. The standard InChI is InChI=1S/C101H109N3P4/c1-4-7-73-102(100-94(82-35-18-10-19-36-82)69-70-95(100)83-37-20-11-21-38-83)105(88-43-26-14-27-44-88)92-65-57-80(58-66-92)76-78-53-61-86(62-54-78)98-51-34-52-99(108(98)104(75-9-6-3)107(90-47-30-16-31-48-90)91-49-32-17-33-50-91)87-63-55-79(56-64-87)77-81-59-67-93(68-60-81)106(89-45-28-15-29-46-89)103(74-8-5-2)101-96(84-39-22-12-23-40-84)71-72-97(101)85-41-24-13-25-42-85/h10-33,35-50,53-68,94-101H,4-9,34,51-52,69-77H2,1-3H3/t94-,95-,96+,97+,98-,99-,105?,106?,108?/m0/s1. The van der Waals surface area contributed by atoms with Crippen molar-refractivity contribution in [1.29, 1.82) is 0 Å². The lowest BCUT2D eigenvalue weighted by Crippen LogP contribution is -2.42. The van der Waals surface area contributed by atoms with Crippen LogP contribution in [0.1, 0.15) is 195 Å². The number of unbranched alkanes of at least 4 members (excludes halogenated alkanes) is 3. The van der Waals surface area contributed by atoms with Crippen LogP contribution in [0.15, 0.2) is 340 Å². The lowest BCUT2D eigenvalue weighted by Gasteiger charge is -2.49. The Bertz CT molecular complexity index is 4230. The Morgan fingerprint density at radius 3 is 0.796 bits per heavy atom. The minimum absolute atomic E-state index is 0.383. The van der Waals surface area contributed by atoms with Gasteiger partial charge in [-0.15, -0.1) is 0 Å². The van der Waals surface area contributed by atoms with Crippen LogP contribution in [0.4, 0.5) is 0 Å². The van der Waals surface area contributed by atoms with Crippen molar-refractivity contribution >= 4 is 64.1 Å². The molecular formula is C101H109N3P4. The fraction of sp³-hybridized carbons (Fsp3) is 0.287. The van der Waals surface area contributed by atoms with E-state index in [1.165, 1.54) is 165 Å². The van der Waals surface area contributed by atoms with Gasteiger partial charge in [0.05, 0.1) is 0 Å². The first kappa shape index (κ1) is 75.6. The second kappa shape index (κ2) is 37.8. The number of hydrogen-bond acceptors (Lipinski definition) is 3. The molecule has 7 heteroatoms. The molecule has 9 atom stereocenters. The molecule has 0 aromatic heterocycles. The zero-order valence-electron chi connectivity index (χ0n) is 63.8. The summed E-state index contributed by atoms with van der Waals surface area (Å²) in [5.74, 6) is 1.84. The van der Waals surface area contributed by atoms with Gasteiger partial charge in [-0.2, -0.15) is 0 Å². The minimum Gasteiger partial charge on any atom is -0.271 e. The first-order chi connectivity index (χ1) is 53.5. The topological polar surface area (TPSA) is 9.72 Å². The summed E-state index contributed by atoms with van der Waals surface area (Å²) in [6.45, 7) is 10.4. The van der Waals surface area contributed by atoms with Gasteiger partial charge in [0, 0.05) is 90.9 Å². The van der Waals surface area contributed by atoms with Crippen LogP contribution in [0, 0.1) is 0 Å². The van der Waals surface area contributed by atoms with Crippen molar-refractivity contribution in [2.45, 2.75) is 164 Å². The summed E-state index contributed by atoms with van der Waals surface area (Å²) < 4.78 is 9.14. The molecule has 0 N–H and O–H groups in total. The quantitative estimate of drug-likeness (QED) is 0.0401. The number of benzene rings is 12. The highest BCUT2D eigenvalue weighted by Gasteiger charge is 2.47. The Labute approximate surface area is 652 Å². The second-order valence-electron chi connectivity index (χ2n) is 30.5.